The standard InChI is InChI=1S/C77H132N6O46/c84-29-37-50(96)57(103)62(108)71(120-37)116-24-21-81(22-25-117-75-68(114)70(128-77-66(112)61(107)54(100)41(33-88)124-77)56(102)43(126-75)35-119-73-64(110)59(105)52(98)39(31-86)122-73)20-10-2-1-7-17-78-44(90)26-82(28-46(92)80-19-9-4-6-14-49(95)129-83-47(93)15-16-48(83)94)27-45(91)79-18-8-3-5-12-36(89)13-11-23-115-74-67(113)69(127-76-65(111)60(106)53(99)40(32-87)123-76)55(101)42(125-74)34-118-72-63(109)58(104)51(97)38(30-85)121-72/h37-43,50-77,84-88,96-114H,1-35H2,(H,78,90)(H,79,91)(H,80,92)/t37-,38-,39-,40-,41-,42-,43-,50-,51-,52-,53-,54-,55-,56-,57+,58+,59+,60+,61+,62+,63+,64+,65+,66+,67+,68+,69+,70+,71+,72+,73+,74-,75+,76-,77-/m1/s1. The van der Waals surface area contributed by atoms with Crippen molar-refractivity contribution in [2.45, 2.75) is 318 Å². The number of amides is 5. The Morgan fingerprint density at radius 3 is 0.984 bits per heavy atom. The number of carbonyl (C=O) groups excluding carboxylic acids is 7. The van der Waals surface area contributed by atoms with E-state index in [4.69, 9.17) is 71.2 Å². The topological polar surface area (TPSA) is 789 Å². The average Bonchev–Trinajstić information content (AvgIpc) is 1.73. The van der Waals surface area contributed by atoms with E-state index in [1.807, 2.05) is 0 Å². The summed E-state index contributed by atoms with van der Waals surface area (Å²) in [7, 11) is 0. The molecule has 0 aliphatic carbocycles. The first-order valence-electron chi connectivity index (χ1n) is 43.3. The summed E-state index contributed by atoms with van der Waals surface area (Å²) in [6, 6.07) is 0. The van der Waals surface area contributed by atoms with Gasteiger partial charge in [-0.05, 0) is 51.5 Å². The van der Waals surface area contributed by atoms with Gasteiger partial charge in [0.25, 0.3) is 11.8 Å². The predicted octanol–water partition coefficient (Wildman–Crippen LogP) is -15.7. The number of aliphatic hydroxyl groups is 24. The molecule has 0 saturated carbocycles. The van der Waals surface area contributed by atoms with Crippen LogP contribution in [0.15, 0.2) is 0 Å². The normalized spacial score (nSPS) is 37.6. The molecule has 8 heterocycles. The first kappa shape index (κ1) is 109. The maximum Gasteiger partial charge on any atom is 0.333 e. The molecule has 5 amide bonds. The molecule has 52 heteroatoms. The number of hydrogen-bond acceptors (Lipinski definition) is 48. The van der Waals surface area contributed by atoms with Crippen LogP contribution >= 0.6 is 0 Å². The number of ether oxygens (including phenoxy) is 14. The Morgan fingerprint density at radius 2 is 0.612 bits per heavy atom. The van der Waals surface area contributed by atoms with E-state index in [0.717, 1.165) is 0 Å². The van der Waals surface area contributed by atoms with Crippen molar-refractivity contribution in [2.75, 3.05) is 125 Å². The van der Waals surface area contributed by atoms with Crippen molar-refractivity contribution in [3.05, 3.63) is 0 Å². The number of aliphatic hydroxyl groups excluding tert-OH is 24. The first-order chi connectivity index (χ1) is 61.6. The molecule has 0 radical (unpaired) electrons. The van der Waals surface area contributed by atoms with Crippen LogP contribution in [0, 0.1) is 0 Å². The lowest BCUT2D eigenvalue weighted by Crippen LogP contribution is -2.65. The molecule has 0 aromatic heterocycles. The Labute approximate surface area is 739 Å². The summed E-state index contributed by atoms with van der Waals surface area (Å²) in [5.41, 5.74) is 0. The molecule has 746 valence electrons. The van der Waals surface area contributed by atoms with Gasteiger partial charge in [0.15, 0.2) is 44.0 Å². The van der Waals surface area contributed by atoms with Gasteiger partial charge >= 0.3 is 5.97 Å². The van der Waals surface area contributed by atoms with Crippen LogP contribution in [0.5, 0.6) is 0 Å². The van der Waals surface area contributed by atoms with Crippen LogP contribution in [-0.2, 0) is 105 Å². The van der Waals surface area contributed by atoms with Crippen LogP contribution in [0.25, 0.3) is 0 Å². The zero-order valence-corrected chi connectivity index (χ0v) is 71.0. The second-order valence-electron chi connectivity index (χ2n) is 32.8. The summed E-state index contributed by atoms with van der Waals surface area (Å²) >= 11 is 0. The predicted molar refractivity (Wildman–Crippen MR) is 418 cm³/mol. The van der Waals surface area contributed by atoms with Gasteiger partial charge in [-0.25, -0.2) is 4.79 Å². The fourth-order valence-electron chi connectivity index (χ4n) is 15.3. The van der Waals surface area contributed by atoms with Gasteiger partial charge in [0.1, 0.15) is 177 Å². The molecule has 0 aromatic carbocycles. The zero-order chi connectivity index (χ0) is 94.5. The molecule has 0 bridgehead atoms. The third-order valence-electron chi connectivity index (χ3n) is 23.1. The molecule has 129 heavy (non-hydrogen) atoms. The van der Waals surface area contributed by atoms with Gasteiger partial charge in [-0.2, -0.15) is 0 Å². The van der Waals surface area contributed by atoms with Crippen molar-refractivity contribution in [2.24, 2.45) is 0 Å². The van der Waals surface area contributed by atoms with E-state index in [1.54, 1.807) is 4.90 Å². The lowest BCUT2D eigenvalue weighted by atomic mass is 9.96. The van der Waals surface area contributed by atoms with Crippen LogP contribution in [0.1, 0.15) is 103 Å². The van der Waals surface area contributed by atoms with E-state index >= 15 is 0 Å². The lowest BCUT2D eigenvalue weighted by Gasteiger charge is -2.46. The second-order valence-corrected chi connectivity index (χ2v) is 32.8. The molecule has 8 aliphatic heterocycles. The molecule has 0 unspecified atom stereocenters. The quantitative estimate of drug-likeness (QED) is 0.0199. The van der Waals surface area contributed by atoms with Crippen molar-refractivity contribution < 1.29 is 227 Å². The van der Waals surface area contributed by atoms with Crippen LogP contribution in [0.2, 0.25) is 0 Å². The van der Waals surface area contributed by atoms with Gasteiger partial charge in [0.2, 0.25) is 17.7 Å². The highest BCUT2D eigenvalue weighted by Crippen LogP contribution is 2.35. The minimum Gasteiger partial charge on any atom is -0.394 e. The highest BCUT2D eigenvalue weighted by molar-refractivity contribution is 6.01. The Balaban J connectivity index is 0.808. The van der Waals surface area contributed by atoms with Gasteiger partial charge in [-0.15, -0.1) is 5.06 Å². The third kappa shape index (κ3) is 31.6. The van der Waals surface area contributed by atoms with E-state index < -0.39 is 316 Å². The molecular weight excluding hydrogens is 1740 g/mol. The molecule has 0 aromatic rings. The maximum absolute atomic E-state index is 13.6. The third-order valence-corrected chi connectivity index (χ3v) is 23.1. The Bertz CT molecular complexity index is 3320. The molecule has 0 spiro atoms. The van der Waals surface area contributed by atoms with Gasteiger partial charge in [-0.3, -0.25) is 38.6 Å². The largest absolute Gasteiger partial charge is 0.394 e. The number of imide groups is 1. The van der Waals surface area contributed by atoms with Crippen LogP contribution < -0.4 is 16.0 Å². The molecule has 35 atom stereocenters. The van der Waals surface area contributed by atoms with Crippen molar-refractivity contribution in [1.82, 2.24) is 30.8 Å². The summed E-state index contributed by atoms with van der Waals surface area (Å²) < 4.78 is 79.4. The van der Waals surface area contributed by atoms with Crippen LogP contribution in [-0.4, -0.2) is 519 Å². The first-order valence-corrected chi connectivity index (χ1v) is 43.3. The van der Waals surface area contributed by atoms with E-state index in [-0.39, 0.29) is 110 Å². The monoisotopic (exact) mass is 1880 g/mol. The lowest BCUT2D eigenvalue weighted by molar-refractivity contribution is -0.366. The zero-order valence-electron chi connectivity index (χ0n) is 71.0. The molecule has 27 N–H and O–H groups in total. The number of nitrogens with one attached hydrogen (secondary N) is 3. The number of hydrogen-bond donors (Lipinski definition) is 27. The minimum atomic E-state index is -2.02. The summed E-state index contributed by atoms with van der Waals surface area (Å²) in [5.74, 6) is -3.92. The molecule has 8 aliphatic rings. The van der Waals surface area contributed by atoms with E-state index in [2.05, 4.69) is 16.0 Å². The van der Waals surface area contributed by atoms with E-state index in [0.29, 0.717) is 62.9 Å². The Hall–Kier alpha value is -4.91. The number of carbonyl (C=O) groups is 7. The van der Waals surface area contributed by atoms with Crippen molar-refractivity contribution in [3.63, 3.8) is 0 Å². The second kappa shape index (κ2) is 54.7. The number of Topliss-reactive ketones (excluding diaryl/α,β-unsaturated/α-hetero) is 1. The molecular formula is C77H132N6O46. The fourth-order valence-corrected chi connectivity index (χ4v) is 15.3. The summed E-state index contributed by atoms with van der Waals surface area (Å²) in [4.78, 5) is 97.5. The number of nitrogens with zero attached hydrogens (tertiary/aromatic N) is 3. The number of unbranched alkanes of at least 4 members (excludes halogenated alkanes) is 7. The Kier molecular flexibility index (Phi) is 46.4. The molecule has 8 saturated heterocycles. The Morgan fingerprint density at radius 1 is 0.310 bits per heavy atom. The molecule has 8 fully saturated rings. The average molecular weight is 1880 g/mol. The number of rotatable bonds is 54. The summed E-state index contributed by atoms with van der Waals surface area (Å²) in [6.07, 6.45) is -57.2. The maximum atomic E-state index is 13.6. The van der Waals surface area contributed by atoms with Gasteiger partial charge in [-0.1, -0.05) is 25.7 Å². The summed E-state index contributed by atoms with van der Waals surface area (Å²) in [5, 5.41) is 261. The SMILES string of the molecule is O=C(CCCCCNC(=O)CN(CC(=O)NCCCCCCN(CCO[C@H]1O[C@H](CO)[C@@H](O)[C@H](O)[C@@H]1O)CCO[C@H]1O[C@H](CO[C@H]2O[C@H](CO)[C@@H](O)[C@H](O)[C@@H]2O)[C@@H](O)[C@H](O[C@H]2O[C@H](CO)[C@@H](O)[C@H](O)[C@@H]2O)[C@@H]1O)CC(=O)NCCCCCC(=O)ON1C(=O)CCC1=O)CCCO[C@@H]1O[C@H](CO[C@H]2O[C@H](CO)[C@@H](O)[C@H](O)[C@@H]2O)[C@@H](O)[C@H](O[C@H]2O[C@H](CO)[C@@H](O)[C@H](O)[C@@H]2O)[C@@H]1O. The highest BCUT2D eigenvalue weighted by atomic mass is 16.8. The fraction of sp³-hybridized carbons (Fsp3) is 0.909. The summed E-state index contributed by atoms with van der Waals surface area (Å²) in [6.45, 7) is -6.84. The number of hydroxylamine groups is 2. The minimum absolute atomic E-state index is 0.00375. The highest BCUT2D eigenvalue weighted by Gasteiger charge is 2.56. The molecule has 8 rings (SSSR count). The number of ketones is 1. The smallest absolute Gasteiger partial charge is 0.333 e. The van der Waals surface area contributed by atoms with Gasteiger partial charge in [0, 0.05) is 64.8 Å². The van der Waals surface area contributed by atoms with Gasteiger partial charge < -0.3 is 210 Å². The van der Waals surface area contributed by atoms with Crippen molar-refractivity contribution in [3.8, 4) is 0 Å². The van der Waals surface area contributed by atoms with Crippen molar-refractivity contribution in [1.29, 1.82) is 0 Å². The van der Waals surface area contributed by atoms with Crippen molar-refractivity contribution >= 4 is 41.3 Å². The molecule has 52 nitrogen and oxygen atoms in total. The van der Waals surface area contributed by atoms with Gasteiger partial charge in [0.05, 0.1) is 85.7 Å². The van der Waals surface area contributed by atoms with Crippen LogP contribution in [0.3, 0.4) is 0 Å². The van der Waals surface area contributed by atoms with E-state index in [1.165, 1.54) is 4.90 Å². The van der Waals surface area contributed by atoms with E-state index in [9.17, 15) is 156 Å². The van der Waals surface area contributed by atoms with Crippen LogP contribution in [0.4, 0.5) is 0 Å².